The van der Waals surface area contributed by atoms with Gasteiger partial charge in [-0.25, -0.2) is 0 Å². The number of thiol groups is 1. The standard InChI is InChI=1S/C4H7NS2/c6-7-5-3-1-2-4-5/h1,3,6H,2,4H2. The van der Waals surface area contributed by atoms with E-state index in [0.717, 1.165) is 6.54 Å². The van der Waals surface area contributed by atoms with Crippen molar-refractivity contribution in [3.05, 3.63) is 12.3 Å². The largest absolute Gasteiger partial charge is 0.314 e. The normalized spacial score (nSPS) is 18.7. The lowest BCUT2D eigenvalue weighted by Gasteiger charge is -2.06. The van der Waals surface area contributed by atoms with Crippen molar-refractivity contribution in [3.63, 3.8) is 0 Å². The minimum Gasteiger partial charge on any atom is -0.314 e. The lowest BCUT2D eigenvalue weighted by molar-refractivity contribution is 0.678. The maximum Gasteiger partial charge on any atom is 0.0332 e. The fourth-order valence-corrected chi connectivity index (χ4v) is 1.27. The molecular formula is C4H7NS2. The molecule has 0 aliphatic carbocycles. The summed E-state index contributed by atoms with van der Waals surface area (Å²) in [6, 6.07) is 0. The van der Waals surface area contributed by atoms with Crippen LogP contribution in [0.15, 0.2) is 12.3 Å². The number of nitrogens with zero attached hydrogens (tertiary/aromatic N) is 1. The van der Waals surface area contributed by atoms with Gasteiger partial charge in [-0.15, -0.1) is 0 Å². The second-order valence-corrected chi connectivity index (χ2v) is 2.52. The van der Waals surface area contributed by atoms with Crippen LogP contribution in [0.1, 0.15) is 6.42 Å². The molecule has 1 aliphatic rings. The quantitative estimate of drug-likeness (QED) is 0.329. The number of rotatable bonds is 1. The highest BCUT2D eigenvalue weighted by molar-refractivity contribution is 8.67. The van der Waals surface area contributed by atoms with E-state index in [1.54, 1.807) is 0 Å². The summed E-state index contributed by atoms with van der Waals surface area (Å²) in [5.41, 5.74) is 0. The maximum absolute atomic E-state index is 4.01. The van der Waals surface area contributed by atoms with Gasteiger partial charge < -0.3 is 4.31 Å². The van der Waals surface area contributed by atoms with Crippen LogP contribution in [0.25, 0.3) is 0 Å². The summed E-state index contributed by atoms with van der Waals surface area (Å²) in [6.45, 7) is 1.12. The Morgan fingerprint density at radius 2 is 2.57 bits per heavy atom. The zero-order valence-electron chi connectivity index (χ0n) is 3.87. The molecular weight excluding hydrogens is 126 g/mol. The lowest BCUT2D eigenvalue weighted by Crippen LogP contribution is -1.99. The van der Waals surface area contributed by atoms with Crippen molar-refractivity contribution in [3.8, 4) is 0 Å². The molecule has 1 heterocycles. The Hall–Kier alpha value is 0.240. The molecule has 0 spiro atoms. The molecule has 0 radical (unpaired) electrons. The second kappa shape index (κ2) is 2.52. The topological polar surface area (TPSA) is 3.24 Å². The Balaban J connectivity index is 2.28. The average Bonchev–Trinajstić information content (AvgIpc) is 2.14. The van der Waals surface area contributed by atoms with Crippen molar-refractivity contribution < 1.29 is 0 Å². The number of hydrogen-bond acceptors (Lipinski definition) is 3. The van der Waals surface area contributed by atoms with E-state index < -0.39 is 0 Å². The molecule has 0 fully saturated rings. The predicted molar refractivity (Wildman–Crippen MR) is 37.0 cm³/mol. The third-order valence-electron chi connectivity index (χ3n) is 0.893. The third-order valence-corrected chi connectivity index (χ3v) is 2.04. The molecule has 0 aromatic heterocycles. The van der Waals surface area contributed by atoms with Gasteiger partial charge in [0.1, 0.15) is 0 Å². The first-order valence-corrected chi connectivity index (χ1v) is 4.01. The molecule has 1 rings (SSSR count). The van der Waals surface area contributed by atoms with Crippen LogP contribution in [0.3, 0.4) is 0 Å². The van der Waals surface area contributed by atoms with Gasteiger partial charge in [-0.2, -0.15) is 0 Å². The van der Waals surface area contributed by atoms with E-state index in [4.69, 9.17) is 0 Å². The molecule has 0 atom stereocenters. The van der Waals surface area contributed by atoms with E-state index in [0.29, 0.717) is 0 Å². The summed E-state index contributed by atoms with van der Waals surface area (Å²) in [6.07, 6.45) is 5.37. The molecule has 3 heteroatoms. The number of hydrogen-bond donors (Lipinski definition) is 1. The van der Waals surface area contributed by atoms with Crippen LogP contribution in [0.2, 0.25) is 0 Å². The molecule has 0 bridgehead atoms. The van der Waals surface area contributed by atoms with Gasteiger partial charge in [0.15, 0.2) is 0 Å². The molecule has 40 valence electrons. The summed E-state index contributed by atoms with van der Waals surface area (Å²) in [7, 11) is 1.47. The molecule has 1 nitrogen and oxygen atoms in total. The van der Waals surface area contributed by atoms with Crippen LogP contribution in [0, 0.1) is 0 Å². The lowest BCUT2D eigenvalue weighted by atomic mass is 10.5. The van der Waals surface area contributed by atoms with Crippen LogP contribution in [-0.4, -0.2) is 10.8 Å². The van der Waals surface area contributed by atoms with Crippen molar-refractivity contribution >= 4 is 22.6 Å². The zero-order valence-corrected chi connectivity index (χ0v) is 5.58. The summed E-state index contributed by atoms with van der Waals surface area (Å²) >= 11 is 4.01. The van der Waals surface area contributed by atoms with E-state index in [2.05, 4.69) is 28.2 Å². The summed E-state index contributed by atoms with van der Waals surface area (Å²) in [5.74, 6) is 0. The molecule has 0 saturated carbocycles. The Bertz CT molecular complexity index is 81.8. The summed E-state index contributed by atoms with van der Waals surface area (Å²) in [5, 5.41) is 0. The van der Waals surface area contributed by atoms with Crippen LogP contribution < -0.4 is 0 Å². The molecule has 0 aromatic rings. The van der Waals surface area contributed by atoms with E-state index in [1.165, 1.54) is 17.4 Å². The smallest absolute Gasteiger partial charge is 0.0332 e. The van der Waals surface area contributed by atoms with Crippen molar-refractivity contribution in [2.45, 2.75) is 6.42 Å². The molecule has 0 N–H and O–H groups in total. The minimum absolute atomic E-state index is 1.12. The highest BCUT2D eigenvalue weighted by atomic mass is 33.1. The zero-order chi connectivity index (χ0) is 5.11. The first-order chi connectivity index (χ1) is 3.43. The first-order valence-electron chi connectivity index (χ1n) is 2.18. The van der Waals surface area contributed by atoms with Crippen molar-refractivity contribution in [1.29, 1.82) is 0 Å². The summed E-state index contributed by atoms with van der Waals surface area (Å²) < 4.78 is 2.09. The third kappa shape index (κ3) is 1.31. The van der Waals surface area contributed by atoms with E-state index in [9.17, 15) is 0 Å². The molecule has 0 amide bonds. The van der Waals surface area contributed by atoms with Crippen molar-refractivity contribution in [2.75, 3.05) is 6.54 Å². The minimum atomic E-state index is 1.12. The van der Waals surface area contributed by atoms with Gasteiger partial charge in [0.05, 0.1) is 0 Å². The van der Waals surface area contributed by atoms with Crippen molar-refractivity contribution in [2.24, 2.45) is 0 Å². The fraction of sp³-hybridized carbons (Fsp3) is 0.500. The van der Waals surface area contributed by atoms with Gasteiger partial charge in [-0.05, 0) is 6.42 Å². The maximum atomic E-state index is 4.01. The van der Waals surface area contributed by atoms with Gasteiger partial charge in [0, 0.05) is 23.7 Å². The second-order valence-electron chi connectivity index (χ2n) is 1.40. The molecule has 7 heavy (non-hydrogen) atoms. The Kier molecular flexibility index (Phi) is 1.94. The Labute approximate surface area is 52.7 Å². The van der Waals surface area contributed by atoms with E-state index in [-0.39, 0.29) is 0 Å². The highest BCUT2D eigenvalue weighted by Gasteiger charge is 1.99. The monoisotopic (exact) mass is 133 g/mol. The van der Waals surface area contributed by atoms with Crippen LogP contribution in [0.5, 0.6) is 0 Å². The Morgan fingerprint density at radius 1 is 1.71 bits per heavy atom. The first kappa shape index (κ1) is 5.38. The van der Waals surface area contributed by atoms with Crippen molar-refractivity contribution in [1.82, 2.24) is 4.31 Å². The van der Waals surface area contributed by atoms with Crippen LogP contribution >= 0.6 is 22.6 Å². The SMILES string of the molecule is SSN1C=CCC1. The Morgan fingerprint density at radius 3 is 2.86 bits per heavy atom. The van der Waals surface area contributed by atoms with Gasteiger partial charge in [0.25, 0.3) is 0 Å². The average molecular weight is 133 g/mol. The molecule has 0 aromatic carbocycles. The highest BCUT2D eigenvalue weighted by Crippen LogP contribution is 2.18. The van der Waals surface area contributed by atoms with Crippen LogP contribution in [-0.2, 0) is 0 Å². The van der Waals surface area contributed by atoms with Gasteiger partial charge in [-0.3, -0.25) is 0 Å². The van der Waals surface area contributed by atoms with E-state index >= 15 is 0 Å². The molecule has 0 unspecified atom stereocenters. The fourth-order valence-electron chi connectivity index (χ4n) is 0.536. The van der Waals surface area contributed by atoms with Gasteiger partial charge in [-0.1, -0.05) is 17.7 Å². The predicted octanol–water partition coefficient (Wildman–Crippen LogP) is 1.70. The van der Waals surface area contributed by atoms with Crippen LogP contribution in [0.4, 0.5) is 0 Å². The molecule has 1 aliphatic heterocycles. The van der Waals surface area contributed by atoms with Gasteiger partial charge in [0.2, 0.25) is 0 Å². The van der Waals surface area contributed by atoms with E-state index in [1.807, 2.05) is 0 Å². The molecule has 0 saturated heterocycles. The van der Waals surface area contributed by atoms with Gasteiger partial charge >= 0.3 is 0 Å². The summed E-state index contributed by atoms with van der Waals surface area (Å²) in [4.78, 5) is 0.